The Kier molecular flexibility index (Phi) is 6.03. The van der Waals surface area contributed by atoms with E-state index in [4.69, 9.17) is 28.4 Å². The van der Waals surface area contributed by atoms with Crippen LogP contribution in [-0.2, 0) is 49.4 Å². The summed E-state index contributed by atoms with van der Waals surface area (Å²) in [5, 5.41) is 37.3. The molecule has 6 fully saturated rings. The van der Waals surface area contributed by atoms with Gasteiger partial charge in [-0.05, 0) is 17.9 Å². The van der Waals surface area contributed by atoms with Crippen molar-refractivity contribution in [1.29, 1.82) is 0 Å². The Morgan fingerprint density at radius 3 is 2.39 bits per heavy atom. The molecular formula is C32H38O12. The third-order valence-electron chi connectivity index (χ3n) is 11.2. The van der Waals surface area contributed by atoms with E-state index in [0.717, 1.165) is 5.56 Å². The molecule has 0 radical (unpaired) electrons. The number of benzene rings is 1. The molecule has 0 aromatic heterocycles. The summed E-state index contributed by atoms with van der Waals surface area (Å²) in [7, 11) is 0. The number of carbonyl (C=O) groups is 3. The van der Waals surface area contributed by atoms with Crippen LogP contribution in [0.3, 0.4) is 0 Å². The highest BCUT2D eigenvalue weighted by Gasteiger charge is 3.05. The van der Waals surface area contributed by atoms with Gasteiger partial charge in [0.1, 0.15) is 18.3 Å². The number of carbonyl (C=O) groups excluding carboxylic acids is 3. The highest BCUT2D eigenvalue weighted by atomic mass is 16.8. The number of hydrogen-bond donors (Lipinski definition) is 3. The summed E-state index contributed by atoms with van der Waals surface area (Å²) in [6.45, 7) is 12.1. The summed E-state index contributed by atoms with van der Waals surface area (Å²) in [5.74, 6) is -6.82. The third kappa shape index (κ3) is 2.94. The lowest BCUT2D eigenvalue weighted by molar-refractivity contribution is -0.303. The number of fused-ring (bicyclic) bond motifs is 1. The molecule has 238 valence electrons. The van der Waals surface area contributed by atoms with Crippen molar-refractivity contribution in [2.24, 2.45) is 28.1 Å². The van der Waals surface area contributed by atoms with E-state index in [1.807, 2.05) is 51.1 Å². The minimum Gasteiger partial charge on any atom is -0.458 e. The summed E-state index contributed by atoms with van der Waals surface area (Å²) in [6, 6.07) is 9.20. The molecule has 4 aliphatic heterocycles. The van der Waals surface area contributed by atoms with E-state index in [1.54, 1.807) is 0 Å². The Bertz CT molecular complexity index is 1440. The van der Waals surface area contributed by atoms with Crippen LogP contribution in [0, 0.1) is 28.1 Å². The van der Waals surface area contributed by atoms with E-state index in [2.05, 4.69) is 6.58 Å². The molecule has 6 aliphatic rings. The van der Waals surface area contributed by atoms with Gasteiger partial charge in [-0.2, -0.15) is 0 Å². The highest BCUT2D eigenvalue weighted by Crippen LogP contribution is 2.86. The zero-order chi connectivity index (χ0) is 31.8. The van der Waals surface area contributed by atoms with Crippen LogP contribution < -0.4 is 0 Å². The third-order valence-corrected chi connectivity index (χ3v) is 11.2. The molecule has 2 spiro atoms. The zero-order valence-electron chi connectivity index (χ0n) is 25.2. The van der Waals surface area contributed by atoms with Gasteiger partial charge in [-0.15, -0.1) is 6.58 Å². The highest BCUT2D eigenvalue weighted by molar-refractivity contribution is 5.93. The smallest absolute Gasteiger partial charge is 0.343 e. The average Bonchev–Trinajstić information content (AvgIpc) is 3.63. The summed E-state index contributed by atoms with van der Waals surface area (Å²) < 4.78 is 37.2. The van der Waals surface area contributed by atoms with Gasteiger partial charge in [-0.1, -0.05) is 57.2 Å². The van der Waals surface area contributed by atoms with Crippen LogP contribution in [-0.4, -0.2) is 87.0 Å². The monoisotopic (exact) mass is 614 g/mol. The van der Waals surface area contributed by atoms with Crippen molar-refractivity contribution in [3.63, 3.8) is 0 Å². The molecule has 1 aromatic rings. The van der Waals surface area contributed by atoms with Crippen molar-refractivity contribution < 1.29 is 58.1 Å². The van der Waals surface area contributed by atoms with Gasteiger partial charge in [0, 0.05) is 19.3 Å². The van der Waals surface area contributed by atoms with Gasteiger partial charge in [0.05, 0.1) is 23.4 Å². The molecule has 2 aliphatic carbocycles. The Hall–Kier alpha value is -2.87. The first kappa shape index (κ1) is 29.8. The van der Waals surface area contributed by atoms with Gasteiger partial charge in [0.2, 0.25) is 5.60 Å². The van der Waals surface area contributed by atoms with E-state index < -0.39 is 99.8 Å². The van der Waals surface area contributed by atoms with Gasteiger partial charge in [-0.3, -0.25) is 9.59 Å². The maximum atomic E-state index is 14.3. The van der Waals surface area contributed by atoms with Crippen molar-refractivity contribution in [3.05, 3.63) is 48.6 Å². The maximum Gasteiger partial charge on any atom is 0.343 e. The van der Waals surface area contributed by atoms with Crippen LogP contribution in [0.4, 0.5) is 0 Å². The number of rotatable bonds is 6. The van der Waals surface area contributed by atoms with E-state index in [0.29, 0.717) is 0 Å². The SMILES string of the molecule is C=CC[C@]1(O)OC2O[C@]34C(=O)O[C@@H]5[C@H](OC(C)=O)[C@@H](C(C)(C)C)[C@@]2([C@H]1OCc1ccccc1)[C@@]53[C@@H](O)[C@@H]1OC(=O)[C@@H](C)[C@@]14O. The van der Waals surface area contributed by atoms with E-state index in [9.17, 15) is 29.7 Å². The summed E-state index contributed by atoms with van der Waals surface area (Å²) in [5.41, 5.74) is -8.53. The van der Waals surface area contributed by atoms with Crippen LogP contribution in [0.25, 0.3) is 0 Å². The van der Waals surface area contributed by atoms with Crippen molar-refractivity contribution in [3.8, 4) is 0 Å². The largest absolute Gasteiger partial charge is 0.458 e. The predicted molar refractivity (Wildman–Crippen MR) is 147 cm³/mol. The quantitative estimate of drug-likeness (QED) is 0.238. The molecule has 1 aromatic carbocycles. The number of aliphatic hydroxyl groups is 3. The number of esters is 3. The number of aliphatic hydroxyl groups excluding tert-OH is 1. The molecule has 4 heterocycles. The average molecular weight is 615 g/mol. The Balaban J connectivity index is 1.55. The van der Waals surface area contributed by atoms with Gasteiger partial charge < -0.3 is 43.7 Å². The normalized spacial score (nSPS) is 49.6. The first-order chi connectivity index (χ1) is 20.6. The second-order valence-electron chi connectivity index (χ2n) is 14.2. The van der Waals surface area contributed by atoms with Gasteiger partial charge in [0.15, 0.2) is 29.9 Å². The minimum atomic E-state index is -2.41. The summed E-state index contributed by atoms with van der Waals surface area (Å²) in [4.78, 5) is 39.9. The Morgan fingerprint density at radius 1 is 1.09 bits per heavy atom. The molecule has 12 heteroatoms. The van der Waals surface area contributed by atoms with Crippen molar-refractivity contribution in [1.82, 2.24) is 0 Å². The van der Waals surface area contributed by atoms with Crippen LogP contribution in [0.1, 0.15) is 46.6 Å². The van der Waals surface area contributed by atoms with Gasteiger partial charge in [-0.25, -0.2) is 4.79 Å². The lowest BCUT2D eigenvalue weighted by atomic mass is 9.50. The van der Waals surface area contributed by atoms with E-state index in [1.165, 1.54) is 19.9 Å². The molecule has 3 N–H and O–H groups in total. The molecule has 0 amide bonds. The topological polar surface area (TPSA) is 167 Å². The maximum absolute atomic E-state index is 14.3. The molecule has 7 rings (SSSR count). The zero-order valence-corrected chi connectivity index (χ0v) is 25.2. The predicted octanol–water partition coefficient (Wildman–Crippen LogP) is 1.13. The molecule has 44 heavy (non-hydrogen) atoms. The minimum absolute atomic E-state index is 0.0182. The molecule has 4 saturated heterocycles. The molecule has 12 nitrogen and oxygen atoms in total. The fourth-order valence-corrected chi connectivity index (χ4v) is 10.2. The molecule has 13 atom stereocenters. The van der Waals surface area contributed by atoms with E-state index in [-0.39, 0.29) is 13.0 Å². The number of ether oxygens (including phenoxy) is 6. The second-order valence-corrected chi connectivity index (χ2v) is 14.2. The van der Waals surface area contributed by atoms with Crippen LogP contribution in [0.5, 0.6) is 0 Å². The number of hydrogen-bond acceptors (Lipinski definition) is 12. The molecule has 1 unspecified atom stereocenters. The van der Waals surface area contributed by atoms with Crippen molar-refractivity contribution in [2.45, 2.75) is 101 Å². The summed E-state index contributed by atoms with van der Waals surface area (Å²) in [6.07, 6.45) is -7.49. The molecule has 0 bridgehead atoms. The lowest BCUT2D eigenvalue weighted by Gasteiger charge is -2.50. The van der Waals surface area contributed by atoms with Crippen LogP contribution in [0.15, 0.2) is 43.0 Å². The van der Waals surface area contributed by atoms with Gasteiger partial charge in [0.25, 0.3) is 0 Å². The fourth-order valence-electron chi connectivity index (χ4n) is 10.2. The van der Waals surface area contributed by atoms with Crippen molar-refractivity contribution >= 4 is 17.9 Å². The second kappa shape index (κ2) is 8.89. The summed E-state index contributed by atoms with van der Waals surface area (Å²) >= 11 is 0. The molecular weight excluding hydrogens is 576 g/mol. The van der Waals surface area contributed by atoms with Crippen LogP contribution >= 0.6 is 0 Å². The first-order valence-electron chi connectivity index (χ1n) is 14.9. The first-order valence-corrected chi connectivity index (χ1v) is 14.9. The van der Waals surface area contributed by atoms with Crippen molar-refractivity contribution in [2.75, 3.05) is 0 Å². The molecule has 2 saturated carbocycles. The fraction of sp³-hybridized carbons (Fsp3) is 0.656. The van der Waals surface area contributed by atoms with Gasteiger partial charge >= 0.3 is 17.9 Å². The Labute approximate surface area is 254 Å². The lowest BCUT2D eigenvalue weighted by Crippen LogP contribution is -2.68. The van der Waals surface area contributed by atoms with Crippen LogP contribution in [0.2, 0.25) is 0 Å². The van der Waals surface area contributed by atoms with E-state index >= 15 is 0 Å². The Morgan fingerprint density at radius 2 is 1.77 bits per heavy atom. The standard InChI is InChI=1S/C32H38O12/c1-7-13-28(37)24(39-14-17-11-9-8-10-12-17)29-19(27(4,5)6)18(40-16(3)33)21-30(29)20(34)22-31(38,15(2)23(35)41-22)32(30,25(36)42-21)44-26(29)43-28/h7-12,15,18-22,24,26,34,37-38H,1,13-14H2,2-6H3/t15-,18-,19+,20+,21-,22+,24+,26?,28+,29+,30-,31-,32-/m1/s1.